The van der Waals surface area contributed by atoms with Gasteiger partial charge in [-0.2, -0.15) is 0 Å². The van der Waals surface area contributed by atoms with E-state index in [2.05, 4.69) is 5.32 Å². The van der Waals surface area contributed by atoms with E-state index in [4.69, 9.17) is 16.3 Å². The lowest BCUT2D eigenvalue weighted by molar-refractivity contribution is -0.384. The summed E-state index contributed by atoms with van der Waals surface area (Å²) in [6, 6.07) is 11.5. The van der Waals surface area contributed by atoms with Crippen molar-refractivity contribution in [2.45, 2.75) is 23.2 Å². The van der Waals surface area contributed by atoms with Crippen LogP contribution in [-0.4, -0.2) is 39.4 Å². The fraction of sp³-hybridized carbons (Fsp3) is 0.368. The second-order valence-corrected chi connectivity index (χ2v) is 9.41. The largest absolute Gasteiger partial charge is 0.381 e. The molecule has 1 heterocycles. The van der Waals surface area contributed by atoms with Crippen LogP contribution in [-0.2, 0) is 20.0 Å². The van der Waals surface area contributed by atoms with Gasteiger partial charge < -0.3 is 10.1 Å². The van der Waals surface area contributed by atoms with Crippen LogP contribution in [0.2, 0.25) is 5.02 Å². The molecule has 0 atom stereocenters. The van der Waals surface area contributed by atoms with Gasteiger partial charge in [0.1, 0.15) is 5.69 Å². The number of hydrogen-bond donors (Lipinski definition) is 1. The van der Waals surface area contributed by atoms with Gasteiger partial charge in [0.05, 0.1) is 9.82 Å². The summed E-state index contributed by atoms with van der Waals surface area (Å²) in [4.78, 5) is 10.8. The average Bonchev–Trinajstić information content (AvgIpc) is 2.66. The third-order valence-electron chi connectivity index (χ3n) is 5.12. The summed E-state index contributed by atoms with van der Waals surface area (Å²) < 4.78 is 28.9. The Morgan fingerprint density at radius 1 is 1.18 bits per heavy atom. The van der Waals surface area contributed by atoms with Crippen molar-refractivity contribution < 1.29 is 18.1 Å². The van der Waals surface area contributed by atoms with E-state index in [1.807, 2.05) is 24.3 Å². The molecule has 28 heavy (non-hydrogen) atoms. The van der Waals surface area contributed by atoms with E-state index in [9.17, 15) is 18.5 Å². The van der Waals surface area contributed by atoms with Crippen molar-refractivity contribution in [1.29, 1.82) is 0 Å². The quantitative estimate of drug-likeness (QED) is 0.559. The molecule has 1 aliphatic rings. The monoisotopic (exact) mass is 424 g/mol. The number of nitrogens with one attached hydrogen (secondary N) is 1. The molecule has 0 aromatic heterocycles. The summed E-state index contributed by atoms with van der Waals surface area (Å²) in [6.45, 7) is 1.65. The van der Waals surface area contributed by atoms with Crippen LogP contribution in [0.4, 0.5) is 11.4 Å². The molecule has 0 unspecified atom stereocenters. The number of benzene rings is 2. The highest BCUT2D eigenvalue weighted by Gasteiger charge is 2.35. The summed E-state index contributed by atoms with van der Waals surface area (Å²) in [7, 11) is -3.53. The maximum atomic E-state index is 11.7. The molecular formula is C19H21ClN2O5S. The molecule has 9 heteroatoms. The topological polar surface area (TPSA) is 98.5 Å². The normalized spacial score (nSPS) is 16.5. The fourth-order valence-electron chi connectivity index (χ4n) is 3.44. The Morgan fingerprint density at radius 3 is 2.39 bits per heavy atom. The number of hydrogen-bond acceptors (Lipinski definition) is 6. The van der Waals surface area contributed by atoms with Gasteiger partial charge in [-0.1, -0.05) is 23.7 Å². The summed E-state index contributed by atoms with van der Waals surface area (Å²) >= 11 is 6.01. The van der Waals surface area contributed by atoms with Crippen LogP contribution in [0, 0.1) is 10.1 Å². The lowest BCUT2D eigenvalue weighted by atomic mass is 9.74. The summed E-state index contributed by atoms with van der Waals surface area (Å²) in [5.41, 5.74) is 0.855. The lowest BCUT2D eigenvalue weighted by Crippen LogP contribution is -2.40. The van der Waals surface area contributed by atoms with Crippen LogP contribution < -0.4 is 5.32 Å². The van der Waals surface area contributed by atoms with Crippen LogP contribution in [0.5, 0.6) is 0 Å². The first-order valence-corrected chi connectivity index (χ1v) is 11.0. The molecule has 1 aliphatic heterocycles. The van der Waals surface area contributed by atoms with E-state index in [0.29, 0.717) is 24.8 Å². The number of halogens is 1. The Hall–Kier alpha value is -2.16. The minimum absolute atomic E-state index is 0.0803. The predicted molar refractivity (Wildman–Crippen MR) is 108 cm³/mol. The molecule has 1 saturated heterocycles. The van der Waals surface area contributed by atoms with Gasteiger partial charge in [-0.3, -0.25) is 10.1 Å². The van der Waals surface area contributed by atoms with E-state index < -0.39 is 14.8 Å². The standard InChI is InChI=1S/C19H21ClN2O5S/c1-28(25,26)16-6-7-17(18(12-16)22(23)24)21-13-19(8-10-27-11-9-19)14-2-4-15(20)5-3-14/h2-7,12,21H,8-11,13H2,1H3. The Kier molecular flexibility index (Phi) is 5.92. The molecule has 0 saturated carbocycles. The van der Waals surface area contributed by atoms with Gasteiger partial charge in [-0.15, -0.1) is 0 Å². The zero-order chi connectivity index (χ0) is 20.4. The highest BCUT2D eigenvalue weighted by atomic mass is 35.5. The molecule has 0 spiro atoms. The van der Waals surface area contributed by atoms with Crippen molar-refractivity contribution in [1.82, 2.24) is 0 Å². The fourth-order valence-corrected chi connectivity index (χ4v) is 4.21. The zero-order valence-corrected chi connectivity index (χ0v) is 16.9. The first-order chi connectivity index (χ1) is 13.2. The Morgan fingerprint density at radius 2 is 1.82 bits per heavy atom. The Balaban J connectivity index is 1.91. The van der Waals surface area contributed by atoms with E-state index in [0.717, 1.165) is 30.7 Å². The zero-order valence-electron chi connectivity index (χ0n) is 15.4. The van der Waals surface area contributed by atoms with Gasteiger partial charge in [0.2, 0.25) is 0 Å². The SMILES string of the molecule is CS(=O)(=O)c1ccc(NCC2(c3ccc(Cl)cc3)CCOCC2)c([N+](=O)[O-])c1. The number of sulfone groups is 1. The predicted octanol–water partition coefficient (Wildman–Crippen LogP) is 3.81. The number of rotatable bonds is 6. The van der Waals surface area contributed by atoms with Crippen LogP contribution in [0.1, 0.15) is 18.4 Å². The molecular weight excluding hydrogens is 404 g/mol. The molecule has 1 N–H and O–H groups in total. The van der Waals surface area contributed by atoms with Crippen molar-refractivity contribution >= 4 is 32.8 Å². The first-order valence-electron chi connectivity index (χ1n) is 8.77. The number of nitro groups is 1. The molecule has 7 nitrogen and oxygen atoms in total. The smallest absolute Gasteiger partial charge is 0.293 e. The van der Waals surface area contributed by atoms with Crippen molar-refractivity contribution in [3.8, 4) is 0 Å². The maximum absolute atomic E-state index is 11.7. The van der Waals surface area contributed by atoms with Gasteiger partial charge in [0, 0.05) is 42.5 Å². The van der Waals surface area contributed by atoms with Crippen molar-refractivity contribution in [2.24, 2.45) is 0 Å². The minimum Gasteiger partial charge on any atom is -0.381 e. The second kappa shape index (κ2) is 8.06. The lowest BCUT2D eigenvalue weighted by Gasteiger charge is -2.38. The first kappa shape index (κ1) is 20.6. The molecule has 0 bridgehead atoms. The number of ether oxygens (including phenoxy) is 1. The van der Waals surface area contributed by atoms with Gasteiger partial charge in [0.25, 0.3) is 5.69 Å². The Labute approximate surface area is 168 Å². The van der Waals surface area contributed by atoms with E-state index >= 15 is 0 Å². The highest BCUT2D eigenvalue weighted by molar-refractivity contribution is 7.90. The summed E-state index contributed by atoms with van der Waals surface area (Å²) in [6.07, 6.45) is 2.55. The molecule has 2 aromatic rings. The third kappa shape index (κ3) is 4.45. The maximum Gasteiger partial charge on any atom is 0.293 e. The van der Waals surface area contributed by atoms with Crippen molar-refractivity contribution in [2.75, 3.05) is 31.3 Å². The highest BCUT2D eigenvalue weighted by Crippen LogP contribution is 2.37. The van der Waals surface area contributed by atoms with E-state index in [-0.39, 0.29) is 21.7 Å². The summed E-state index contributed by atoms with van der Waals surface area (Å²) in [5.74, 6) is 0. The van der Waals surface area contributed by atoms with Gasteiger partial charge in [0.15, 0.2) is 9.84 Å². The van der Waals surface area contributed by atoms with Gasteiger partial charge >= 0.3 is 0 Å². The molecule has 3 rings (SSSR count). The second-order valence-electron chi connectivity index (χ2n) is 6.96. The van der Waals surface area contributed by atoms with Gasteiger partial charge in [-0.25, -0.2) is 8.42 Å². The molecule has 0 amide bonds. The van der Waals surface area contributed by atoms with Crippen molar-refractivity contribution in [3.05, 3.63) is 63.2 Å². The number of anilines is 1. The van der Waals surface area contributed by atoms with Crippen LogP contribution in [0.25, 0.3) is 0 Å². The third-order valence-corrected chi connectivity index (χ3v) is 6.48. The number of nitro benzene ring substituents is 1. The summed E-state index contributed by atoms with van der Waals surface area (Å²) in [5, 5.41) is 15.3. The molecule has 0 aliphatic carbocycles. The van der Waals surface area contributed by atoms with E-state index in [1.165, 1.54) is 12.1 Å². The average molecular weight is 425 g/mol. The number of nitrogens with zero attached hydrogens (tertiary/aromatic N) is 1. The van der Waals surface area contributed by atoms with Gasteiger partial charge in [-0.05, 0) is 42.7 Å². The van der Waals surface area contributed by atoms with Crippen molar-refractivity contribution in [3.63, 3.8) is 0 Å². The Bertz CT molecular complexity index is 970. The minimum atomic E-state index is -3.53. The molecule has 2 aromatic carbocycles. The molecule has 0 radical (unpaired) electrons. The molecule has 1 fully saturated rings. The van der Waals surface area contributed by atoms with Crippen LogP contribution in [0.3, 0.4) is 0 Å². The van der Waals surface area contributed by atoms with E-state index in [1.54, 1.807) is 0 Å². The molecule has 150 valence electrons. The van der Waals surface area contributed by atoms with Crippen LogP contribution >= 0.6 is 11.6 Å². The van der Waals surface area contributed by atoms with Crippen LogP contribution in [0.15, 0.2) is 47.4 Å².